The molecule has 1 aromatic heterocycles. The van der Waals surface area contributed by atoms with Crippen molar-refractivity contribution in [2.75, 3.05) is 11.9 Å². The summed E-state index contributed by atoms with van der Waals surface area (Å²) in [5.41, 5.74) is 7.83. The fourth-order valence-corrected chi connectivity index (χ4v) is 1.67. The van der Waals surface area contributed by atoms with E-state index in [0.29, 0.717) is 12.2 Å². The van der Waals surface area contributed by atoms with Gasteiger partial charge in [-0.1, -0.05) is 12.1 Å². The number of nitrogens with two attached hydrogens (primary N) is 1. The van der Waals surface area contributed by atoms with Crippen molar-refractivity contribution < 1.29 is 4.79 Å². The average molecular weight is 244 g/mol. The lowest BCUT2D eigenvalue weighted by Crippen LogP contribution is -2.26. The maximum atomic E-state index is 12.1. The van der Waals surface area contributed by atoms with Crippen LogP contribution in [0.3, 0.4) is 0 Å². The van der Waals surface area contributed by atoms with Crippen molar-refractivity contribution in [3.8, 4) is 0 Å². The van der Waals surface area contributed by atoms with Gasteiger partial charge in [0.15, 0.2) is 5.69 Å². The summed E-state index contributed by atoms with van der Waals surface area (Å²) < 4.78 is 1.61. The molecule has 0 radical (unpaired) electrons. The molecule has 1 amide bonds. The van der Waals surface area contributed by atoms with Crippen LogP contribution in [-0.2, 0) is 13.6 Å². The van der Waals surface area contributed by atoms with Gasteiger partial charge in [0.1, 0.15) is 0 Å². The van der Waals surface area contributed by atoms with E-state index in [1.165, 1.54) is 0 Å². The van der Waals surface area contributed by atoms with Crippen molar-refractivity contribution in [2.24, 2.45) is 12.8 Å². The number of aromatic nitrogens is 2. The quantitative estimate of drug-likeness (QED) is 0.881. The molecule has 2 aromatic rings. The normalized spacial score (nSPS) is 10.4. The molecule has 0 fully saturated rings. The number of hydrogen-bond donors (Lipinski definition) is 1. The summed E-state index contributed by atoms with van der Waals surface area (Å²) in [5.74, 6) is -0.129. The van der Waals surface area contributed by atoms with Gasteiger partial charge < -0.3 is 10.6 Å². The second-order valence-electron chi connectivity index (χ2n) is 4.11. The lowest BCUT2D eigenvalue weighted by molar-refractivity contribution is 0.0987. The molecule has 94 valence electrons. The second-order valence-corrected chi connectivity index (χ2v) is 4.11. The molecule has 5 nitrogen and oxygen atoms in total. The smallest absolute Gasteiger partial charge is 0.278 e. The molecule has 0 saturated carbocycles. The van der Waals surface area contributed by atoms with Crippen LogP contribution in [0.15, 0.2) is 36.5 Å². The lowest BCUT2D eigenvalue weighted by atomic mass is 10.2. The van der Waals surface area contributed by atoms with Crippen molar-refractivity contribution in [1.82, 2.24) is 9.78 Å². The second kappa shape index (κ2) is 5.01. The molecule has 1 heterocycles. The predicted octanol–water partition coefficient (Wildman–Crippen LogP) is 1.16. The highest BCUT2D eigenvalue weighted by Gasteiger charge is 2.15. The molecule has 0 aliphatic rings. The molecule has 0 atom stereocenters. The fourth-order valence-electron chi connectivity index (χ4n) is 1.67. The van der Waals surface area contributed by atoms with Crippen molar-refractivity contribution >= 4 is 11.6 Å². The van der Waals surface area contributed by atoms with Gasteiger partial charge in [0.05, 0.1) is 0 Å². The zero-order chi connectivity index (χ0) is 13.1. The van der Waals surface area contributed by atoms with Crippen LogP contribution in [0.25, 0.3) is 0 Å². The van der Waals surface area contributed by atoms with Crippen LogP contribution in [0.1, 0.15) is 16.1 Å². The van der Waals surface area contributed by atoms with Gasteiger partial charge in [-0.05, 0) is 23.8 Å². The third-order valence-corrected chi connectivity index (χ3v) is 2.80. The van der Waals surface area contributed by atoms with Crippen LogP contribution in [0.2, 0.25) is 0 Å². The van der Waals surface area contributed by atoms with E-state index in [1.54, 1.807) is 35.9 Å². The summed E-state index contributed by atoms with van der Waals surface area (Å²) in [6.07, 6.45) is 1.75. The Hall–Kier alpha value is -2.14. The minimum absolute atomic E-state index is 0.129. The van der Waals surface area contributed by atoms with Crippen LogP contribution in [0, 0.1) is 0 Å². The number of nitrogens with zero attached hydrogens (tertiary/aromatic N) is 3. The standard InChI is InChI=1S/C13H16N4O/c1-16-8-7-12(15-16)13(18)17(2)11-5-3-10(9-14)4-6-11/h3-8H,9,14H2,1-2H3. The largest absolute Gasteiger partial charge is 0.326 e. The van der Waals surface area contributed by atoms with Crippen LogP contribution in [0.5, 0.6) is 0 Å². The van der Waals surface area contributed by atoms with Gasteiger partial charge in [-0.3, -0.25) is 9.48 Å². The van der Waals surface area contributed by atoms with Crippen LogP contribution in [-0.4, -0.2) is 22.7 Å². The summed E-state index contributed by atoms with van der Waals surface area (Å²) in [4.78, 5) is 13.7. The molecule has 18 heavy (non-hydrogen) atoms. The Bertz CT molecular complexity index is 544. The third-order valence-electron chi connectivity index (χ3n) is 2.80. The minimum atomic E-state index is -0.129. The first-order valence-corrected chi connectivity index (χ1v) is 5.68. The van der Waals surface area contributed by atoms with Gasteiger partial charge in [0.25, 0.3) is 5.91 Å². The van der Waals surface area contributed by atoms with Crippen LogP contribution >= 0.6 is 0 Å². The third kappa shape index (κ3) is 2.41. The highest BCUT2D eigenvalue weighted by Crippen LogP contribution is 2.15. The maximum Gasteiger partial charge on any atom is 0.278 e. The Balaban J connectivity index is 2.19. The number of carbonyl (C=O) groups is 1. The van der Waals surface area contributed by atoms with Crippen LogP contribution in [0.4, 0.5) is 5.69 Å². The van der Waals surface area contributed by atoms with Gasteiger partial charge in [-0.2, -0.15) is 5.10 Å². The minimum Gasteiger partial charge on any atom is -0.326 e. The summed E-state index contributed by atoms with van der Waals surface area (Å²) in [6.45, 7) is 0.498. The first-order chi connectivity index (χ1) is 8.61. The molecule has 2 N–H and O–H groups in total. The molecule has 5 heteroatoms. The van der Waals surface area contributed by atoms with Crippen molar-refractivity contribution in [3.05, 3.63) is 47.8 Å². The molecule has 0 bridgehead atoms. The Labute approximate surface area is 106 Å². The molecule has 0 aliphatic carbocycles. The molecule has 0 saturated heterocycles. The molecular formula is C13H16N4O. The SMILES string of the molecule is CN(C(=O)c1ccn(C)n1)c1ccc(CN)cc1. The van der Waals surface area contributed by atoms with E-state index in [9.17, 15) is 4.79 Å². The lowest BCUT2D eigenvalue weighted by Gasteiger charge is -2.16. The van der Waals surface area contributed by atoms with Gasteiger partial charge in [0.2, 0.25) is 0 Å². The van der Waals surface area contributed by atoms with Gasteiger partial charge in [-0.25, -0.2) is 0 Å². The van der Waals surface area contributed by atoms with E-state index >= 15 is 0 Å². The van der Waals surface area contributed by atoms with E-state index in [-0.39, 0.29) is 5.91 Å². The molecule has 2 rings (SSSR count). The fraction of sp³-hybridized carbons (Fsp3) is 0.231. The number of rotatable bonds is 3. The molecular weight excluding hydrogens is 228 g/mol. The topological polar surface area (TPSA) is 64.2 Å². The number of anilines is 1. The first kappa shape index (κ1) is 12.3. The molecule has 0 spiro atoms. The summed E-state index contributed by atoms with van der Waals surface area (Å²) >= 11 is 0. The zero-order valence-electron chi connectivity index (χ0n) is 10.5. The Kier molecular flexibility index (Phi) is 3.43. The molecule has 1 aromatic carbocycles. The van der Waals surface area contributed by atoms with E-state index in [0.717, 1.165) is 11.3 Å². The average Bonchev–Trinajstić information content (AvgIpc) is 2.84. The maximum absolute atomic E-state index is 12.1. The van der Waals surface area contributed by atoms with Gasteiger partial charge in [0, 0.05) is 32.5 Å². The Morgan fingerprint density at radius 2 is 2.00 bits per heavy atom. The van der Waals surface area contributed by atoms with E-state index in [4.69, 9.17) is 5.73 Å². The highest BCUT2D eigenvalue weighted by atomic mass is 16.2. The number of carbonyl (C=O) groups excluding carboxylic acids is 1. The van der Waals surface area contributed by atoms with Crippen molar-refractivity contribution in [2.45, 2.75) is 6.54 Å². The van der Waals surface area contributed by atoms with Gasteiger partial charge >= 0.3 is 0 Å². The van der Waals surface area contributed by atoms with E-state index in [1.807, 2.05) is 24.3 Å². The number of benzene rings is 1. The van der Waals surface area contributed by atoms with E-state index in [2.05, 4.69) is 5.10 Å². The number of amides is 1. The number of hydrogen-bond acceptors (Lipinski definition) is 3. The van der Waals surface area contributed by atoms with Crippen molar-refractivity contribution in [3.63, 3.8) is 0 Å². The first-order valence-electron chi connectivity index (χ1n) is 5.68. The molecule has 0 unspecified atom stereocenters. The zero-order valence-corrected chi connectivity index (χ0v) is 10.5. The summed E-state index contributed by atoms with van der Waals surface area (Å²) in [5, 5.41) is 4.10. The van der Waals surface area contributed by atoms with Gasteiger partial charge in [-0.15, -0.1) is 0 Å². The Morgan fingerprint density at radius 1 is 1.33 bits per heavy atom. The summed E-state index contributed by atoms with van der Waals surface area (Å²) in [6, 6.07) is 9.29. The predicted molar refractivity (Wildman–Crippen MR) is 70.3 cm³/mol. The summed E-state index contributed by atoms with van der Waals surface area (Å²) in [7, 11) is 3.52. The highest BCUT2D eigenvalue weighted by molar-refractivity contribution is 6.04. The Morgan fingerprint density at radius 3 is 2.50 bits per heavy atom. The monoisotopic (exact) mass is 244 g/mol. The number of aryl methyl sites for hydroxylation is 1. The van der Waals surface area contributed by atoms with E-state index < -0.39 is 0 Å². The van der Waals surface area contributed by atoms with Crippen molar-refractivity contribution in [1.29, 1.82) is 0 Å². The van der Waals surface area contributed by atoms with Crippen LogP contribution < -0.4 is 10.6 Å². The molecule has 0 aliphatic heterocycles.